The van der Waals surface area contributed by atoms with Crippen molar-refractivity contribution in [1.29, 1.82) is 0 Å². The van der Waals surface area contributed by atoms with Gasteiger partial charge in [0.25, 0.3) is 0 Å². The van der Waals surface area contributed by atoms with Crippen LogP contribution in [0, 0.1) is 5.41 Å². The van der Waals surface area contributed by atoms with Crippen LogP contribution >= 0.6 is 0 Å². The van der Waals surface area contributed by atoms with E-state index in [2.05, 4.69) is 24.3 Å². The third-order valence-corrected chi connectivity index (χ3v) is 4.10. The number of hydrogen-bond acceptors (Lipinski definition) is 2. The summed E-state index contributed by atoms with van der Waals surface area (Å²) >= 11 is 0. The lowest BCUT2D eigenvalue weighted by Gasteiger charge is -2.40. The molecule has 0 aromatic heterocycles. The molecule has 2 nitrogen and oxygen atoms in total. The standard InChI is InChI=1S/C17H23NO/c1-16(2,3)17(19,12-18)11-14-9-6-8-13-7-4-5-10-15(13)14/h4-10,19H,11-12,18H2,1-3H3. The Morgan fingerprint density at radius 2 is 1.63 bits per heavy atom. The molecule has 102 valence electrons. The van der Waals surface area contributed by atoms with Crippen LogP contribution in [-0.2, 0) is 6.42 Å². The summed E-state index contributed by atoms with van der Waals surface area (Å²) in [5.74, 6) is 0. The smallest absolute Gasteiger partial charge is 0.0857 e. The first-order valence-corrected chi connectivity index (χ1v) is 6.76. The number of nitrogens with two attached hydrogens (primary N) is 1. The normalized spacial score (nSPS) is 15.4. The first-order valence-electron chi connectivity index (χ1n) is 6.76. The zero-order valence-corrected chi connectivity index (χ0v) is 12.0. The average Bonchev–Trinajstić information content (AvgIpc) is 2.38. The minimum absolute atomic E-state index is 0.251. The number of aliphatic hydroxyl groups is 1. The molecule has 2 rings (SSSR count). The molecule has 0 amide bonds. The molecule has 0 radical (unpaired) electrons. The highest BCUT2D eigenvalue weighted by Gasteiger charge is 2.38. The zero-order valence-electron chi connectivity index (χ0n) is 12.0. The van der Waals surface area contributed by atoms with Gasteiger partial charge in [-0.15, -0.1) is 0 Å². The molecule has 0 saturated heterocycles. The van der Waals surface area contributed by atoms with Gasteiger partial charge in [-0.2, -0.15) is 0 Å². The number of hydrogen-bond donors (Lipinski definition) is 2. The lowest BCUT2D eigenvalue weighted by molar-refractivity contribution is -0.0488. The minimum Gasteiger partial charge on any atom is -0.388 e. The van der Waals surface area contributed by atoms with E-state index in [0.717, 1.165) is 5.56 Å². The Kier molecular flexibility index (Phi) is 3.66. The van der Waals surface area contributed by atoms with Crippen molar-refractivity contribution >= 4 is 10.8 Å². The van der Waals surface area contributed by atoms with Gasteiger partial charge in [-0.25, -0.2) is 0 Å². The van der Waals surface area contributed by atoms with Crippen LogP contribution in [0.1, 0.15) is 26.3 Å². The van der Waals surface area contributed by atoms with E-state index >= 15 is 0 Å². The van der Waals surface area contributed by atoms with Crippen LogP contribution in [0.2, 0.25) is 0 Å². The fourth-order valence-corrected chi connectivity index (χ4v) is 2.41. The van der Waals surface area contributed by atoms with Gasteiger partial charge in [-0.05, 0) is 21.8 Å². The topological polar surface area (TPSA) is 46.2 Å². The zero-order chi connectivity index (χ0) is 14.1. The van der Waals surface area contributed by atoms with E-state index in [9.17, 15) is 5.11 Å². The Labute approximate surface area is 115 Å². The van der Waals surface area contributed by atoms with E-state index in [-0.39, 0.29) is 12.0 Å². The van der Waals surface area contributed by atoms with Crippen LogP contribution in [0.5, 0.6) is 0 Å². The van der Waals surface area contributed by atoms with Crippen molar-refractivity contribution in [2.24, 2.45) is 11.1 Å². The molecule has 1 atom stereocenters. The van der Waals surface area contributed by atoms with Crippen molar-refractivity contribution in [3.8, 4) is 0 Å². The van der Waals surface area contributed by atoms with Crippen LogP contribution in [0.25, 0.3) is 10.8 Å². The fraction of sp³-hybridized carbons (Fsp3) is 0.412. The summed E-state index contributed by atoms with van der Waals surface area (Å²) in [7, 11) is 0. The highest BCUT2D eigenvalue weighted by Crippen LogP contribution is 2.34. The number of fused-ring (bicyclic) bond motifs is 1. The predicted molar refractivity (Wildman–Crippen MR) is 81.1 cm³/mol. The van der Waals surface area contributed by atoms with Gasteiger partial charge < -0.3 is 10.8 Å². The highest BCUT2D eigenvalue weighted by molar-refractivity contribution is 5.85. The molecular formula is C17H23NO. The minimum atomic E-state index is -0.892. The molecule has 0 aliphatic rings. The molecule has 0 saturated carbocycles. The second-order valence-electron chi connectivity index (χ2n) is 6.30. The molecule has 0 bridgehead atoms. The van der Waals surface area contributed by atoms with Crippen LogP contribution in [0.4, 0.5) is 0 Å². The highest BCUT2D eigenvalue weighted by atomic mass is 16.3. The van der Waals surface area contributed by atoms with E-state index < -0.39 is 5.60 Å². The van der Waals surface area contributed by atoms with E-state index in [1.54, 1.807) is 0 Å². The van der Waals surface area contributed by atoms with Crippen LogP contribution < -0.4 is 5.73 Å². The summed E-state index contributed by atoms with van der Waals surface area (Å²) in [5, 5.41) is 13.2. The Hall–Kier alpha value is -1.38. The van der Waals surface area contributed by atoms with Crippen molar-refractivity contribution < 1.29 is 5.11 Å². The lowest BCUT2D eigenvalue weighted by atomic mass is 9.72. The second kappa shape index (κ2) is 4.95. The molecule has 0 aliphatic carbocycles. The van der Waals surface area contributed by atoms with Gasteiger partial charge in [0.05, 0.1) is 5.60 Å². The molecule has 2 heteroatoms. The summed E-state index contributed by atoms with van der Waals surface area (Å²) in [6.07, 6.45) is 0.578. The van der Waals surface area contributed by atoms with Crippen molar-refractivity contribution in [3.63, 3.8) is 0 Å². The van der Waals surface area contributed by atoms with E-state index in [4.69, 9.17) is 5.73 Å². The molecule has 2 aromatic rings. The molecule has 0 fully saturated rings. The predicted octanol–water partition coefficient (Wildman–Crippen LogP) is 3.12. The summed E-state index contributed by atoms with van der Waals surface area (Å²) in [6.45, 7) is 6.36. The summed E-state index contributed by atoms with van der Waals surface area (Å²) in [5.41, 5.74) is 5.85. The Balaban J connectivity index is 2.46. The SMILES string of the molecule is CC(C)(C)C(O)(CN)Cc1cccc2ccccc12. The maximum Gasteiger partial charge on any atom is 0.0857 e. The van der Waals surface area contributed by atoms with E-state index in [1.165, 1.54) is 10.8 Å². The van der Waals surface area contributed by atoms with Crippen molar-refractivity contribution in [1.82, 2.24) is 0 Å². The van der Waals surface area contributed by atoms with Crippen molar-refractivity contribution in [3.05, 3.63) is 48.0 Å². The fourth-order valence-electron chi connectivity index (χ4n) is 2.41. The van der Waals surface area contributed by atoms with Gasteiger partial charge in [0.1, 0.15) is 0 Å². The van der Waals surface area contributed by atoms with Gasteiger partial charge in [0.15, 0.2) is 0 Å². The third-order valence-electron chi connectivity index (χ3n) is 4.10. The number of benzene rings is 2. The summed E-state index contributed by atoms with van der Waals surface area (Å²) < 4.78 is 0. The van der Waals surface area contributed by atoms with Gasteiger partial charge in [0.2, 0.25) is 0 Å². The van der Waals surface area contributed by atoms with E-state index in [0.29, 0.717) is 6.42 Å². The van der Waals surface area contributed by atoms with Gasteiger partial charge in [0, 0.05) is 13.0 Å². The third kappa shape index (κ3) is 2.65. The first-order chi connectivity index (χ1) is 8.87. The maximum atomic E-state index is 10.8. The summed E-state index contributed by atoms with van der Waals surface area (Å²) in [4.78, 5) is 0. The molecular weight excluding hydrogens is 234 g/mol. The first kappa shape index (κ1) is 14.0. The second-order valence-corrected chi connectivity index (χ2v) is 6.30. The maximum absolute atomic E-state index is 10.8. The largest absolute Gasteiger partial charge is 0.388 e. The van der Waals surface area contributed by atoms with Crippen LogP contribution in [0.3, 0.4) is 0 Å². The molecule has 2 aromatic carbocycles. The summed E-state index contributed by atoms with van der Waals surface area (Å²) in [6, 6.07) is 14.5. The Morgan fingerprint density at radius 3 is 2.26 bits per heavy atom. The lowest BCUT2D eigenvalue weighted by Crippen LogP contribution is -2.50. The molecule has 19 heavy (non-hydrogen) atoms. The molecule has 3 N–H and O–H groups in total. The monoisotopic (exact) mass is 257 g/mol. The van der Waals surface area contributed by atoms with Gasteiger partial charge in [-0.1, -0.05) is 63.2 Å². The van der Waals surface area contributed by atoms with Crippen LogP contribution in [-0.4, -0.2) is 17.3 Å². The van der Waals surface area contributed by atoms with Gasteiger partial charge >= 0.3 is 0 Å². The Bertz CT molecular complexity index is 565. The van der Waals surface area contributed by atoms with Crippen molar-refractivity contribution in [2.75, 3.05) is 6.54 Å². The average molecular weight is 257 g/mol. The van der Waals surface area contributed by atoms with Crippen molar-refractivity contribution in [2.45, 2.75) is 32.8 Å². The molecule has 0 spiro atoms. The quantitative estimate of drug-likeness (QED) is 0.887. The van der Waals surface area contributed by atoms with Gasteiger partial charge in [-0.3, -0.25) is 0 Å². The Morgan fingerprint density at radius 1 is 1.00 bits per heavy atom. The molecule has 1 unspecified atom stereocenters. The van der Waals surface area contributed by atoms with Crippen LogP contribution in [0.15, 0.2) is 42.5 Å². The number of rotatable bonds is 3. The molecule has 0 aliphatic heterocycles. The molecule has 0 heterocycles. The van der Waals surface area contributed by atoms with E-state index in [1.807, 2.05) is 39.0 Å².